The zero-order valence-corrected chi connectivity index (χ0v) is 5.28. The predicted molar refractivity (Wildman–Crippen MR) is 30.1 cm³/mol. The van der Waals surface area contributed by atoms with Crippen molar-refractivity contribution < 1.29 is 19.1 Å². The maximum atomic E-state index is 10.6. The van der Waals surface area contributed by atoms with Gasteiger partial charge >= 0.3 is 6.09 Å². The summed E-state index contributed by atoms with van der Waals surface area (Å²) in [6.07, 6.45) is -0.429. The number of nitrogens with zero attached hydrogens (tertiary/aromatic N) is 1. The summed E-state index contributed by atoms with van der Waals surface area (Å²) < 4.78 is 8.89. The molecule has 0 N–H and O–H groups in total. The summed E-state index contributed by atoms with van der Waals surface area (Å²) in [7, 11) is 0. The van der Waals surface area contributed by atoms with Gasteiger partial charge in [-0.15, -0.1) is 0 Å². The highest BCUT2D eigenvalue weighted by Crippen LogP contribution is 2.01. The Hall–Kier alpha value is -1.26. The number of carbonyl (C=O) groups excluding carboxylic acids is 2. The topological polar surface area (TPSA) is 55.8 Å². The van der Waals surface area contributed by atoms with Crippen molar-refractivity contribution in [2.45, 2.75) is 0 Å². The smallest absolute Gasteiger partial charge is 0.412 e. The molecule has 0 unspecified atom stereocenters. The summed E-state index contributed by atoms with van der Waals surface area (Å²) >= 11 is 0. The molecule has 1 heterocycles. The zero-order chi connectivity index (χ0) is 7.40. The molecule has 0 radical (unpaired) electrons. The Morgan fingerprint density at radius 1 is 1.80 bits per heavy atom. The van der Waals surface area contributed by atoms with Crippen molar-refractivity contribution in [3.8, 4) is 0 Å². The number of amides is 1. The second-order valence-electron chi connectivity index (χ2n) is 1.77. The van der Waals surface area contributed by atoms with Crippen molar-refractivity contribution in [3.05, 3.63) is 0 Å². The van der Waals surface area contributed by atoms with Crippen molar-refractivity contribution in [3.63, 3.8) is 0 Å². The van der Waals surface area contributed by atoms with Gasteiger partial charge in [0.25, 0.3) is 6.47 Å². The third kappa shape index (κ3) is 1.37. The maximum absolute atomic E-state index is 10.6. The van der Waals surface area contributed by atoms with E-state index in [9.17, 15) is 9.59 Å². The van der Waals surface area contributed by atoms with E-state index in [0.29, 0.717) is 19.6 Å². The highest BCUT2D eigenvalue weighted by Gasteiger charge is 2.21. The van der Waals surface area contributed by atoms with E-state index in [1.807, 2.05) is 0 Å². The van der Waals surface area contributed by atoms with Gasteiger partial charge in [-0.1, -0.05) is 0 Å². The first-order valence-electron chi connectivity index (χ1n) is 2.81. The Morgan fingerprint density at radius 3 is 3.10 bits per heavy atom. The average Bonchev–Trinajstić information content (AvgIpc) is 2.31. The van der Waals surface area contributed by atoms with Gasteiger partial charge in [0, 0.05) is 0 Å². The number of rotatable bonds is 3. The van der Waals surface area contributed by atoms with Crippen LogP contribution in [-0.4, -0.2) is 37.3 Å². The van der Waals surface area contributed by atoms with Crippen LogP contribution in [0.3, 0.4) is 0 Å². The molecule has 1 aliphatic heterocycles. The summed E-state index contributed by atoms with van der Waals surface area (Å²) in [6.45, 7) is 1.15. The Morgan fingerprint density at radius 2 is 2.60 bits per heavy atom. The SMILES string of the molecule is O=COCN1CCOC1=O. The van der Waals surface area contributed by atoms with Crippen molar-refractivity contribution in [2.75, 3.05) is 19.9 Å². The summed E-state index contributed by atoms with van der Waals surface area (Å²) in [5.74, 6) is 0. The predicted octanol–water partition coefficient (Wildman–Crippen LogP) is -0.431. The van der Waals surface area contributed by atoms with Gasteiger partial charge in [0.2, 0.25) is 0 Å². The number of ether oxygens (including phenoxy) is 2. The largest absolute Gasteiger partial charge is 0.447 e. The van der Waals surface area contributed by atoms with Crippen LogP contribution < -0.4 is 0 Å². The summed E-state index contributed by atoms with van der Waals surface area (Å²) in [6, 6.07) is 0. The fourth-order valence-electron chi connectivity index (χ4n) is 0.663. The standard InChI is InChI=1S/C5H7NO4/c7-4-9-3-6-1-2-10-5(6)8/h4H,1-3H2. The van der Waals surface area contributed by atoms with Gasteiger partial charge < -0.3 is 9.47 Å². The Balaban J connectivity index is 2.26. The van der Waals surface area contributed by atoms with Crippen LogP contribution in [-0.2, 0) is 14.3 Å². The van der Waals surface area contributed by atoms with Crippen molar-refractivity contribution in [1.82, 2.24) is 4.90 Å². The molecule has 5 nitrogen and oxygen atoms in total. The Bertz CT molecular complexity index is 147. The van der Waals surface area contributed by atoms with Gasteiger partial charge in [-0.2, -0.15) is 0 Å². The lowest BCUT2D eigenvalue weighted by molar-refractivity contribution is -0.131. The molecule has 1 rings (SSSR count). The Kier molecular flexibility index (Phi) is 2.09. The quantitative estimate of drug-likeness (QED) is 0.505. The third-order valence-corrected chi connectivity index (χ3v) is 1.14. The van der Waals surface area contributed by atoms with Crippen LogP contribution in [0.5, 0.6) is 0 Å². The minimum absolute atomic E-state index is 0.0116. The van der Waals surface area contributed by atoms with Crippen LogP contribution in [0, 0.1) is 0 Å². The molecule has 0 spiro atoms. The highest BCUT2D eigenvalue weighted by atomic mass is 16.6. The molecule has 0 aliphatic carbocycles. The second kappa shape index (κ2) is 3.05. The van der Waals surface area contributed by atoms with E-state index in [4.69, 9.17) is 0 Å². The number of hydrogen-bond donors (Lipinski definition) is 0. The normalized spacial score (nSPS) is 16.8. The lowest BCUT2D eigenvalue weighted by atomic mass is 10.7. The van der Waals surface area contributed by atoms with E-state index in [-0.39, 0.29) is 6.73 Å². The van der Waals surface area contributed by atoms with E-state index >= 15 is 0 Å². The van der Waals surface area contributed by atoms with E-state index < -0.39 is 6.09 Å². The van der Waals surface area contributed by atoms with Crippen LogP contribution in [0.2, 0.25) is 0 Å². The van der Waals surface area contributed by atoms with Crippen LogP contribution in [0.4, 0.5) is 4.79 Å². The second-order valence-corrected chi connectivity index (χ2v) is 1.77. The van der Waals surface area contributed by atoms with Crippen molar-refractivity contribution >= 4 is 12.6 Å². The van der Waals surface area contributed by atoms with Crippen molar-refractivity contribution in [1.29, 1.82) is 0 Å². The van der Waals surface area contributed by atoms with Gasteiger partial charge in [-0.05, 0) is 0 Å². The van der Waals surface area contributed by atoms with E-state index in [2.05, 4.69) is 9.47 Å². The molecule has 0 aromatic heterocycles. The average molecular weight is 145 g/mol. The van der Waals surface area contributed by atoms with Crippen LogP contribution in [0.25, 0.3) is 0 Å². The first kappa shape index (κ1) is 6.85. The lowest BCUT2D eigenvalue weighted by Crippen LogP contribution is -2.26. The molecule has 0 aromatic carbocycles. The molecule has 1 amide bonds. The van der Waals surface area contributed by atoms with Gasteiger partial charge in [-0.25, -0.2) is 4.79 Å². The number of carbonyl (C=O) groups is 2. The molecule has 0 atom stereocenters. The minimum atomic E-state index is -0.429. The molecule has 0 bridgehead atoms. The van der Waals surface area contributed by atoms with Crippen LogP contribution in [0.15, 0.2) is 0 Å². The fourth-order valence-corrected chi connectivity index (χ4v) is 0.663. The molecular weight excluding hydrogens is 138 g/mol. The summed E-state index contributed by atoms with van der Waals surface area (Å²) in [4.78, 5) is 21.6. The molecule has 1 aliphatic rings. The van der Waals surface area contributed by atoms with Crippen LogP contribution >= 0.6 is 0 Å². The number of cyclic esters (lactones) is 1. The minimum Gasteiger partial charge on any atom is -0.447 e. The first-order chi connectivity index (χ1) is 4.84. The zero-order valence-electron chi connectivity index (χ0n) is 5.28. The molecule has 5 heteroatoms. The molecule has 1 fully saturated rings. The number of hydrogen-bond acceptors (Lipinski definition) is 4. The summed E-state index contributed by atoms with van der Waals surface area (Å²) in [5, 5.41) is 0. The lowest BCUT2D eigenvalue weighted by Gasteiger charge is -2.08. The van der Waals surface area contributed by atoms with E-state index in [1.54, 1.807) is 0 Å². The molecular formula is C5H7NO4. The van der Waals surface area contributed by atoms with E-state index in [1.165, 1.54) is 4.90 Å². The van der Waals surface area contributed by atoms with Gasteiger partial charge in [0.15, 0.2) is 6.73 Å². The molecule has 56 valence electrons. The van der Waals surface area contributed by atoms with Gasteiger partial charge in [0.1, 0.15) is 6.61 Å². The maximum Gasteiger partial charge on any atom is 0.412 e. The van der Waals surface area contributed by atoms with Crippen molar-refractivity contribution in [2.24, 2.45) is 0 Å². The monoisotopic (exact) mass is 145 g/mol. The molecule has 1 saturated heterocycles. The third-order valence-electron chi connectivity index (χ3n) is 1.14. The fraction of sp³-hybridized carbons (Fsp3) is 0.600. The van der Waals surface area contributed by atoms with E-state index in [0.717, 1.165) is 0 Å². The molecule has 0 aromatic rings. The first-order valence-corrected chi connectivity index (χ1v) is 2.81. The van der Waals surface area contributed by atoms with Gasteiger partial charge in [0.05, 0.1) is 6.54 Å². The Labute approximate surface area is 57.5 Å². The summed E-state index contributed by atoms with van der Waals surface area (Å²) in [5.41, 5.74) is 0. The molecule has 10 heavy (non-hydrogen) atoms. The highest BCUT2D eigenvalue weighted by molar-refractivity contribution is 5.69. The van der Waals surface area contributed by atoms with Crippen LogP contribution in [0.1, 0.15) is 0 Å². The molecule has 0 saturated carbocycles. The van der Waals surface area contributed by atoms with Gasteiger partial charge in [-0.3, -0.25) is 9.69 Å².